The van der Waals surface area contributed by atoms with E-state index in [2.05, 4.69) is 25.2 Å². The molecule has 1 aliphatic rings. The zero-order chi connectivity index (χ0) is 11.5. The minimum absolute atomic E-state index is 0.205. The molecule has 2 nitrogen and oxygen atoms in total. The van der Waals surface area contributed by atoms with Gasteiger partial charge in [-0.05, 0) is 36.4 Å². The van der Waals surface area contributed by atoms with Crippen molar-refractivity contribution in [2.45, 2.75) is 38.8 Å². The Hall–Kier alpha value is -0.860. The van der Waals surface area contributed by atoms with Crippen molar-refractivity contribution in [2.75, 3.05) is 6.54 Å². The van der Waals surface area contributed by atoms with Crippen molar-refractivity contribution in [1.29, 1.82) is 0 Å². The molecule has 0 saturated carbocycles. The monoisotopic (exact) mass is 219 g/mol. The van der Waals surface area contributed by atoms with Crippen molar-refractivity contribution in [3.63, 3.8) is 0 Å². The summed E-state index contributed by atoms with van der Waals surface area (Å²) in [5.41, 5.74) is 2.39. The minimum atomic E-state index is -0.330. The largest absolute Gasteiger partial charge is 0.387 e. The summed E-state index contributed by atoms with van der Waals surface area (Å²) < 4.78 is 0. The second-order valence-electron chi connectivity index (χ2n) is 5.09. The Balaban J connectivity index is 1.92. The summed E-state index contributed by atoms with van der Waals surface area (Å²) >= 11 is 0. The van der Waals surface area contributed by atoms with E-state index in [9.17, 15) is 5.11 Å². The van der Waals surface area contributed by atoms with Gasteiger partial charge in [0, 0.05) is 6.04 Å². The molecule has 1 aromatic rings. The molecule has 2 unspecified atom stereocenters. The van der Waals surface area contributed by atoms with Crippen molar-refractivity contribution < 1.29 is 5.11 Å². The Morgan fingerprint density at radius 1 is 1.38 bits per heavy atom. The van der Waals surface area contributed by atoms with Crippen LogP contribution in [0.2, 0.25) is 0 Å². The highest BCUT2D eigenvalue weighted by molar-refractivity contribution is 5.35. The number of aliphatic hydroxyl groups is 1. The van der Waals surface area contributed by atoms with Crippen LogP contribution in [0, 0.1) is 5.92 Å². The van der Waals surface area contributed by atoms with E-state index >= 15 is 0 Å². The molecule has 0 aromatic heterocycles. The smallest absolute Gasteiger partial charge is 0.0948 e. The van der Waals surface area contributed by atoms with Crippen molar-refractivity contribution in [3.8, 4) is 0 Å². The van der Waals surface area contributed by atoms with Crippen LogP contribution in [0.3, 0.4) is 0 Å². The molecular weight excluding hydrogens is 198 g/mol. The highest BCUT2D eigenvalue weighted by Crippen LogP contribution is 2.30. The molecule has 0 radical (unpaired) electrons. The lowest BCUT2D eigenvalue weighted by Gasteiger charge is -2.17. The molecule has 0 heterocycles. The van der Waals surface area contributed by atoms with Crippen LogP contribution in [0.4, 0.5) is 0 Å². The second kappa shape index (κ2) is 4.98. The average Bonchev–Trinajstić information content (AvgIpc) is 2.56. The number of fused-ring (bicyclic) bond motifs is 1. The van der Waals surface area contributed by atoms with Crippen molar-refractivity contribution in [2.24, 2.45) is 5.92 Å². The van der Waals surface area contributed by atoms with E-state index in [0.717, 1.165) is 18.5 Å². The lowest BCUT2D eigenvalue weighted by Crippen LogP contribution is -2.34. The first kappa shape index (κ1) is 11.6. The van der Waals surface area contributed by atoms with Gasteiger partial charge in [-0.25, -0.2) is 0 Å². The lowest BCUT2D eigenvalue weighted by atomic mass is 10.1. The second-order valence-corrected chi connectivity index (χ2v) is 5.09. The molecule has 0 spiro atoms. The van der Waals surface area contributed by atoms with Crippen LogP contribution in [0.25, 0.3) is 0 Å². The van der Waals surface area contributed by atoms with E-state index in [4.69, 9.17) is 0 Å². The van der Waals surface area contributed by atoms with E-state index < -0.39 is 0 Å². The number of nitrogens with one attached hydrogen (secondary N) is 1. The van der Waals surface area contributed by atoms with Gasteiger partial charge in [-0.15, -0.1) is 0 Å². The van der Waals surface area contributed by atoms with Crippen LogP contribution in [0.5, 0.6) is 0 Å². The molecule has 88 valence electrons. The van der Waals surface area contributed by atoms with Gasteiger partial charge < -0.3 is 10.4 Å². The number of benzene rings is 1. The number of rotatable bonds is 4. The van der Waals surface area contributed by atoms with Crippen LogP contribution in [0.15, 0.2) is 24.3 Å². The van der Waals surface area contributed by atoms with E-state index in [1.807, 2.05) is 18.2 Å². The van der Waals surface area contributed by atoms with Crippen molar-refractivity contribution in [3.05, 3.63) is 35.4 Å². The first-order valence-corrected chi connectivity index (χ1v) is 6.17. The maximum atomic E-state index is 10.1. The zero-order valence-corrected chi connectivity index (χ0v) is 10.1. The Kier molecular flexibility index (Phi) is 3.62. The van der Waals surface area contributed by atoms with Gasteiger partial charge >= 0.3 is 0 Å². The maximum Gasteiger partial charge on any atom is 0.0948 e. The van der Waals surface area contributed by atoms with Crippen LogP contribution in [-0.2, 0) is 6.42 Å². The van der Waals surface area contributed by atoms with E-state index in [0.29, 0.717) is 5.92 Å². The first-order chi connectivity index (χ1) is 7.68. The third-order valence-corrected chi connectivity index (χ3v) is 3.32. The molecule has 2 rings (SSSR count). The molecule has 0 fully saturated rings. The van der Waals surface area contributed by atoms with Gasteiger partial charge in [0.1, 0.15) is 0 Å². The van der Waals surface area contributed by atoms with Gasteiger partial charge in [0.25, 0.3) is 0 Å². The molecule has 2 N–H and O–H groups in total. The lowest BCUT2D eigenvalue weighted by molar-refractivity contribution is 0.141. The molecule has 1 aromatic carbocycles. The normalized spacial score (nSPS) is 23.8. The highest BCUT2D eigenvalue weighted by Gasteiger charge is 2.29. The Morgan fingerprint density at radius 3 is 2.81 bits per heavy atom. The van der Waals surface area contributed by atoms with Crippen LogP contribution < -0.4 is 5.32 Å². The third-order valence-electron chi connectivity index (χ3n) is 3.32. The Morgan fingerprint density at radius 2 is 2.12 bits per heavy atom. The Bertz CT molecular complexity index is 348. The topological polar surface area (TPSA) is 32.3 Å². The molecule has 0 aliphatic heterocycles. The van der Waals surface area contributed by atoms with Crippen LogP contribution >= 0.6 is 0 Å². The van der Waals surface area contributed by atoms with Crippen molar-refractivity contribution >= 4 is 0 Å². The molecule has 2 atom stereocenters. The standard InChI is InChI=1S/C14H21NO/c1-10(2)7-8-15-13-9-11-5-3-4-6-12(11)14(13)16/h3-6,10,13-16H,7-9H2,1-2H3. The molecule has 0 saturated heterocycles. The summed E-state index contributed by atoms with van der Waals surface area (Å²) in [6.45, 7) is 5.44. The predicted octanol–water partition coefficient (Wildman–Crippen LogP) is 2.28. The van der Waals surface area contributed by atoms with Gasteiger partial charge in [-0.3, -0.25) is 0 Å². The summed E-state index contributed by atoms with van der Waals surface area (Å²) in [4.78, 5) is 0. The van der Waals surface area contributed by atoms with Gasteiger partial charge in [0.15, 0.2) is 0 Å². The van der Waals surface area contributed by atoms with E-state index in [1.165, 1.54) is 12.0 Å². The molecule has 0 bridgehead atoms. The van der Waals surface area contributed by atoms with Crippen molar-refractivity contribution in [1.82, 2.24) is 5.32 Å². The summed E-state index contributed by atoms with van der Waals surface area (Å²) in [6.07, 6.45) is 1.79. The summed E-state index contributed by atoms with van der Waals surface area (Å²) in [6, 6.07) is 8.39. The number of aliphatic hydroxyl groups excluding tert-OH is 1. The summed E-state index contributed by atoms with van der Waals surface area (Å²) in [7, 11) is 0. The van der Waals surface area contributed by atoms with Gasteiger partial charge in [-0.2, -0.15) is 0 Å². The predicted molar refractivity (Wildman–Crippen MR) is 66.4 cm³/mol. The zero-order valence-electron chi connectivity index (χ0n) is 10.1. The summed E-state index contributed by atoms with van der Waals surface area (Å²) in [5.74, 6) is 0.716. The fourth-order valence-electron chi connectivity index (χ4n) is 2.32. The molecule has 16 heavy (non-hydrogen) atoms. The average molecular weight is 219 g/mol. The number of hydrogen-bond acceptors (Lipinski definition) is 2. The quantitative estimate of drug-likeness (QED) is 0.814. The molecular formula is C14H21NO. The Labute approximate surface area is 97.7 Å². The third kappa shape index (κ3) is 2.45. The van der Waals surface area contributed by atoms with E-state index in [-0.39, 0.29) is 12.1 Å². The maximum absolute atomic E-state index is 10.1. The molecule has 1 aliphatic carbocycles. The number of hydrogen-bond donors (Lipinski definition) is 2. The van der Waals surface area contributed by atoms with Crippen LogP contribution in [0.1, 0.15) is 37.5 Å². The first-order valence-electron chi connectivity index (χ1n) is 6.17. The minimum Gasteiger partial charge on any atom is -0.387 e. The highest BCUT2D eigenvalue weighted by atomic mass is 16.3. The van der Waals surface area contributed by atoms with Crippen LogP contribution in [-0.4, -0.2) is 17.7 Å². The molecule has 2 heteroatoms. The van der Waals surface area contributed by atoms with Gasteiger partial charge in [-0.1, -0.05) is 38.1 Å². The SMILES string of the molecule is CC(C)CCNC1Cc2ccccc2C1O. The molecule has 0 amide bonds. The van der Waals surface area contributed by atoms with Gasteiger partial charge in [0.2, 0.25) is 0 Å². The summed E-state index contributed by atoms with van der Waals surface area (Å²) in [5, 5.41) is 13.6. The fourth-order valence-corrected chi connectivity index (χ4v) is 2.32. The van der Waals surface area contributed by atoms with Gasteiger partial charge in [0.05, 0.1) is 6.10 Å². The fraction of sp³-hybridized carbons (Fsp3) is 0.571. The van der Waals surface area contributed by atoms with E-state index in [1.54, 1.807) is 0 Å².